The molecule has 0 N–H and O–H groups in total. The van der Waals surface area contributed by atoms with Crippen molar-refractivity contribution in [2.45, 2.75) is 25.1 Å². The number of carbonyl (C=O) groups is 2. The van der Waals surface area contributed by atoms with Gasteiger partial charge in [-0.3, -0.25) is 14.5 Å². The van der Waals surface area contributed by atoms with Gasteiger partial charge in [0.25, 0.3) is 5.91 Å². The van der Waals surface area contributed by atoms with Gasteiger partial charge < -0.3 is 19.1 Å². The van der Waals surface area contributed by atoms with Crippen molar-refractivity contribution in [1.82, 2.24) is 0 Å². The Balaban J connectivity index is 1.50. The van der Waals surface area contributed by atoms with Crippen LogP contribution in [0.4, 0.5) is 11.4 Å². The summed E-state index contributed by atoms with van der Waals surface area (Å²) < 4.78 is 16.7. The molecule has 7 heteroatoms. The largest absolute Gasteiger partial charge is 0.497 e. The molecule has 2 fully saturated rings. The first-order valence-electron chi connectivity index (χ1n) is 11.2. The number of benzene rings is 3. The van der Waals surface area contributed by atoms with Gasteiger partial charge in [0.15, 0.2) is 6.10 Å². The van der Waals surface area contributed by atoms with Crippen LogP contribution in [0.2, 0.25) is 0 Å². The van der Waals surface area contributed by atoms with Crippen molar-refractivity contribution in [3.8, 4) is 17.2 Å². The van der Waals surface area contributed by atoms with Crippen molar-refractivity contribution >= 4 is 23.2 Å². The number of rotatable bonds is 7. The zero-order chi connectivity index (χ0) is 23.8. The van der Waals surface area contributed by atoms with Crippen LogP contribution in [-0.4, -0.2) is 44.2 Å². The van der Waals surface area contributed by atoms with Gasteiger partial charge in [-0.25, -0.2) is 0 Å². The van der Waals surface area contributed by atoms with Gasteiger partial charge in [-0.2, -0.15) is 0 Å². The highest BCUT2D eigenvalue weighted by Gasteiger charge is 2.62. The molecule has 0 spiro atoms. The molecule has 34 heavy (non-hydrogen) atoms. The monoisotopic (exact) mass is 458 g/mol. The maximum Gasteiger partial charge on any atom is 0.270 e. The third-order valence-corrected chi connectivity index (χ3v) is 6.58. The quantitative estimate of drug-likeness (QED) is 0.502. The minimum Gasteiger partial charge on any atom is -0.497 e. The smallest absolute Gasteiger partial charge is 0.270 e. The first-order chi connectivity index (χ1) is 16.5. The highest BCUT2D eigenvalue weighted by Crippen LogP contribution is 2.43. The van der Waals surface area contributed by atoms with E-state index in [9.17, 15) is 9.59 Å². The van der Waals surface area contributed by atoms with Crippen LogP contribution in [0.5, 0.6) is 17.2 Å². The molecule has 3 aromatic rings. The molecule has 4 atom stereocenters. The Labute approximate surface area is 198 Å². The number of methoxy groups -OCH3 is 2. The van der Waals surface area contributed by atoms with E-state index in [1.54, 1.807) is 24.0 Å². The fraction of sp³-hybridized carbons (Fsp3) is 0.259. The van der Waals surface area contributed by atoms with Gasteiger partial charge in [0.2, 0.25) is 5.91 Å². The highest BCUT2D eigenvalue weighted by molar-refractivity contribution is 6.09. The van der Waals surface area contributed by atoms with E-state index in [1.807, 2.05) is 85.8 Å². The van der Waals surface area contributed by atoms with Crippen molar-refractivity contribution in [3.05, 3.63) is 78.9 Å². The van der Waals surface area contributed by atoms with Gasteiger partial charge in [-0.1, -0.05) is 25.1 Å². The summed E-state index contributed by atoms with van der Waals surface area (Å²) in [5.74, 6) is 1.66. The summed E-state index contributed by atoms with van der Waals surface area (Å²) in [5.41, 5.74) is 1.51. The Morgan fingerprint density at radius 2 is 1.12 bits per heavy atom. The molecule has 0 unspecified atom stereocenters. The van der Waals surface area contributed by atoms with Crippen molar-refractivity contribution < 1.29 is 23.8 Å². The summed E-state index contributed by atoms with van der Waals surface area (Å²) in [4.78, 5) is 29.8. The van der Waals surface area contributed by atoms with E-state index in [1.165, 1.54) is 0 Å². The molecule has 2 amide bonds. The molecule has 2 saturated heterocycles. The number of carbonyl (C=O) groups excluding carboxylic acids is 2. The summed E-state index contributed by atoms with van der Waals surface area (Å²) in [7, 11) is 3.21. The SMILES string of the molecule is COc1ccc(N2C(=O)[C@@H](C)[C@H]2[C@@H]2[C@H](Oc3ccccc3)C(=O)N2c2ccc(OC)cc2)cc1. The average Bonchev–Trinajstić information content (AvgIpc) is 2.89. The van der Waals surface area contributed by atoms with Crippen LogP contribution < -0.4 is 24.0 Å². The van der Waals surface area contributed by atoms with Crippen molar-refractivity contribution in [1.29, 1.82) is 0 Å². The molecule has 2 aliphatic heterocycles. The summed E-state index contributed by atoms with van der Waals surface area (Å²) in [6.45, 7) is 1.90. The van der Waals surface area contributed by atoms with E-state index in [0.29, 0.717) is 17.2 Å². The number of anilines is 2. The molecule has 0 radical (unpaired) electrons. The Morgan fingerprint density at radius 1 is 0.618 bits per heavy atom. The number of amides is 2. The molecule has 7 nitrogen and oxygen atoms in total. The topological polar surface area (TPSA) is 68.3 Å². The van der Waals surface area contributed by atoms with Gasteiger partial charge in [-0.05, 0) is 60.7 Å². The van der Waals surface area contributed by atoms with Crippen molar-refractivity contribution in [2.75, 3.05) is 24.0 Å². The Bertz CT molecular complexity index is 1180. The zero-order valence-electron chi connectivity index (χ0n) is 19.3. The van der Waals surface area contributed by atoms with Gasteiger partial charge in [0, 0.05) is 11.4 Å². The molecule has 2 aliphatic rings. The standard InChI is InChI=1S/C27H26N2O5/c1-17-23(28(26(17)30)18-9-13-20(32-2)14-10-18)24-25(34-22-7-5-4-6-8-22)27(31)29(24)19-11-15-21(33-3)16-12-19/h4-17,23-25H,1-3H3/t17-,23-,24+,25-/m0/s1. The predicted molar refractivity (Wildman–Crippen MR) is 129 cm³/mol. The van der Waals surface area contributed by atoms with Crippen LogP contribution in [0, 0.1) is 5.92 Å². The third kappa shape index (κ3) is 3.53. The predicted octanol–water partition coefficient (Wildman–Crippen LogP) is 3.92. The van der Waals surface area contributed by atoms with Crippen LogP contribution >= 0.6 is 0 Å². The number of hydrogen-bond donors (Lipinski definition) is 0. The molecule has 3 aromatic carbocycles. The molecule has 2 heterocycles. The zero-order valence-corrected chi connectivity index (χ0v) is 19.3. The fourth-order valence-corrected chi connectivity index (χ4v) is 4.77. The minimum absolute atomic E-state index is 0.0163. The first kappa shape index (κ1) is 21.8. The van der Waals surface area contributed by atoms with E-state index in [0.717, 1.165) is 11.4 Å². The molecule has 0 aliphatic carbocycles. The second kappa shape index (κ2) is 8.74. The van der Waals surface area contributed by atoms with Crippen LogP contribution in [-0.2, 0) is 9.59 Å². The third-order valence-electron chi connectivity index (χ3n) is 6.58. The number of para-hydroxylation sites is 1. The van der Waals surface area contributed by atoms with Gasteiger partial charge in [0.1, 0.15) is 23.3 Å². The van der Waals surface area contributed by atoms with Crippen LogP contribution in [0.1, 0.15) is 6.92 Å². The summed E-state index contributed by atoms with van der Waals surface area (Å²) in [6, 6.07) is 23.4. The molecule has 0 aromatic heterocycles. The normalized spacial score (nSPS) is 23.7. The number of β-lactam (4-membered cyclic amide) rings is 2. The van der Waals surface area contributed by atoms with Gasteiger partial charge in [-0.15, -0.1) is 0 Å². The molecular weight excluding hydrogens is 432 g/mol. The van der Waals surface area contributed by atoms with E-state index in [2.05, 4.69) is 0 Å². The van der Waals surface area contributed by atoms with Crippen molar-refractivity contribution in [2.24, 2.45) is 5.92 Å². The van der Waals surface area contributed by atoms with E-state index < -0.39 is 6.10 Å². The maximum absolute atomic E-state index is 13.3. The number of hydrogen-bond acceptors (Lipinski definition) is 5. The summed E-state index contributed by atoms with van der Waals surface area (Å²) >= 11 is 0. The molecule has 174 valence electrons. The molecule has 0 bridgehead atoms. The lowest BCUT2D eigenvalue weighted by atomic mass is 9.76. The number of ether oxygens (including phenoxy) is 3. The minimum atomic E-state index is -0.703. The molecule has 0 saturated carbocycles. The lowest BCUT2D eigenvalue weighted by Crippen LogP contribution is -2.80. The van der Waals surface area contributed by atoms with Crippen LogP contribution in [0.3, 0.4) is 0 Å². The summed E-state index contributed by atoms with van der Waals surface area (Å²) in [5, 5.41) is 0. The fourth-order valence-electron chi connectivity index (χ4n) is 4.77. The Morgan fingerprint density at radius 3 is 1.62 bits per heavy atom. The Kier molecular flexibility index (Phi) is 5.61. The highest BCUT2D eigenvalue weighted by atomic mass is 16.5. The Hall–Kier alpha value is -4.00. The summed E-state index contributed by atoms with van der Waals surface area (Å²) in [6.07, 6.45) is -0.703. The lowest BCUT2D eigenvalue weighted by molar-refractivity contribution is -0.141. The van der Waals surface area contributed by atoms with Crippen molar-refractivity contribution in [3.63, 3.8) is 0 Å². The molecule has 5 rings (SSSR count). The first-order valence-corrected chi connectivity index (χ1v) is 11.2. The van der Waals surface area contributed by atoms with Gasteiger partial charge >= 0.3 is 0 Å². The van der Waals surface area contributed by atoms with Crippen LogP contribution in [0.15, 0.2) is 78.9 Å². The molecular formula is C27H26N2O5. The number of nitrogens with zero attached hydrogens (tertiary/aromatic N) is 2. The van der Waals surface area contributed by atoms with E-state index >= 15 is 0 Å². The second-order valence-electron chi connectivity index (χ2n) is 8.43. The van der Waals surface area contributed by atoms with E-state index in [4.69, 9.17) is 14.2 Å². The average molecular weight is 459 g/mol. The van der Waals surface area contributed by atoms with Gasteiger partial charge in [0.05, 0.1) is 26.2 Å². The lowest BCUT2D eigenvalue weighted by Gasteiger charge is -2.58. The second-order valence-corrected chi connectivity index (χ2v) is 8.43. The van der Waals surface area contributed by atoms with E-state index in [-0.39, 0.29) is 29.8 Å². The maximum atomic E-state index is 13.3. The van der Waals surface area contributed by atoms with Crippen LogP contribution in [0.25, 0.3) is 0 Å².